The van der Waals surface area contributed by atoms with Crippen molar-refractivity contribution in [1.29, 1.82) is 0 Å². The van der Waals surface area contributed by atoms with Gasteiger partial charge in [-0.25, -0.2) is 0 Å². The summed E-state index contributed by atoms with van der Waals surface area (Å²) in [4.78, 5) is 26.6. The summed E-state index contributed by atoms with van der Waals surface area (Å²) in [6.45, 7) is 3.92. The van der Waals surface area contributed by atoms with E-state index >= 15 is 0 Å². The van der Waals surface area contributed by atoms with E-state index < -0.39 is 0 Å². The molecular weight excluding hydrogens is 292 g/mol. The maximum absolute atomic E-state index is 12.6. The smallest absolute Gasteiger partial charge is 0.245 e. The molecular formula is C18H24N2O3. The molecule has 23 heavy (non-hydrogen) atoms. The van der Waals surface area contributed by atoms with Crippen molar-refractivity contribution in [2.45, 2.75) is 44.9 Å². The Hall–Kier alpha value is -1.88. The van der Waals surface area contributed by atoms with E-state index in [1.807, 2.05) is 42.2 Å². The summed E-state index contributed by atoms with van der Waals surface area (Å²) in [6, 6.07) is 9.57. The summed E-state index contributed by atoms with van der Waals surface area (Å²) >= 11 is 0. The second-order valence-corrected chi connectivity index (χ2v) is 6.28. The molecule has 2 amide bonds. The van der Waals surface area contributed by atoms with Gasteiger partial charge in [0.1, 0.15) is 6.04 Å². The van der Waals surface area contributed by atoms with Gasteiger partial charge in [0, 0.05) is 19.7 Å². The summed E-state index contributed by atoms with van der Waals surface area (Å²) in [5, 5.41) is 2.92. The van der Waals surface area contributed by atoms with E-state index in [4.69, 9.17) is 4.74 Å². The van der Waals surface area contributed by atoms with Crippen LogP contribution in [0.2, 0.25) is 0 Å². The number of nitrogens with one attached hydrogen (secondary N) is 1. The van der Waals surface area contributed by atoms with Gasteiger partial charge in [0.05, 0.1) is 12.0 Å². The molecule has 1 aromatic rings. The minimum atomic E-state index is -0.386. The van der Waals surface area contributed by atoms with Gasteiger partial charge < -0.3 is 15.0 Å². The van der Waals surface area contributed by atoms with Gasteiger partial charge >= 0.3 is 0 Å². The number of hydrogen-bond donors (Lipinski definition) is 1. The normalized spacial score (nSPS) is 26.9. The van der Waals surface area contributed by atoms with Gasteiger partial charge in [-0.1, -0.05) is 30.3 Å². The van der Waals surface area contributed by atoms with Crippen molar-refractivity contribution in [3.05, 3.63) is 35.9 Å². The molecule has 0 aromatic heterocycles. The fraction of sp³-hybridized carbons (Fsp3) is 0.556. The summed E-state index contributed by atoms with van der Waals surface area (Å²) in [5.74, 6) is -0.0855. The van der Waals surface area contributed by atoms with Crippen LogP contribution >= 0.6 is 0 Å². The van der Waals surface area contributed by atoms with Gasteiger partial charge in [0.25, 0.3) is 0 Å². The second-order valence-electron chi connectivity index (χ2n) is 6.28. The third-order valence-corrected chi connectivity index (χ3v) is 4.51. The number of ether oxygens (including phenoxy) is 1. The Bertz CT molecular complexity index is 561. The first kappa shape index (κ1) is 16.0. The number of nitrogens with zero attached hydrogens (tertiary/aromatic N) is 1. The third kappa shape index (κ3) is 3.91. The maximum Gasteiger partial charge on any atom is 0.245 e. The van der Waals surface area contributed by atoms with Crippen LogP contribution < -0.4 is 5.32 Å². The SMILES string of the molecule is CCOC1CC1C(=O)NC1CCCN(Cc2ccccc2)C1=O. The quantitative estimate of drug-likeness (QED) is 0.869. The predicted molar refractivity (Wildman–Crippen MR) is 86.5 cm³/mol. The lowest BCUT2D eigenvalue weighted by Gasteiger charge is -2.32. The van der Waals surface area contributed by atoms with Crippen LogP contribution in [0.1, 0.15) is 31.7 Å². The monoisotopic (exact) mass is 316 g/mol. The van der Waals surface area contributed by atoms with Crippen LogP contribution in [0.4, 0.5) is 0 Å². The molecule has 1 aromatic carbocycles. The van der Waals surface area contributed by atoms with Crippen molar-refractivity contribution in [2.24, 2.45) is 5.92 Å². The lowest BCUT2D eigenvalue weighted by atomic mass is 10.0. The van der Waals surface area contributed by atoms with E-state index in [2.05, 4.69) is 5.32 Å². The minimum absolute atomic E-state index is 0.0297. The van der Waals surface area contributed by atoms with Crippen molar-refractivity contribution in [3.63, 3.8) is 0 Å². The van der Waals surface area contributed by atoms with Crippen molar-refractivity contribution < 1.29 is 14.3 Å². The minimum Gasteiger partial charge on any atom is -0.378 e. The third-order valence-electron chi connectivity index (χ3n) is 4.51. The lowest BCUT2D eigenvalue weighted by molar-refractivity contribution is -0.139. The highest BCUT2D eigenvalue weighted by atomic mass is 16.5. The van der Waals surface area contributed by atoms with E-state index in [0.717, 1.165) is 31.4 Å². The number of amides is 2. The van der Waals surface area contributed by atoms with E-state index in [1.165, 1.54) is 0 Å². The van der Waals surface area contributed by atoms with Gasteiger partial charge in [-0.3, -0.25) is 9.59 Å². The Morgan fingerprint density at radius 1 is 1.35 bits per heavy atom. The highest BCUT2D eigenvalue weighted by Gasteiger charge is 2.45. The fourth-order valence-corrected chi connectivity index (χ4v) is 3.16. The Morgan fingerprint density at radius 3 is 2.87 bits per heavy atom. The van der Waals surface area contributed by atoms with Crippen LogP contribution in [0.3, 0.4) is 0 Å². The highest BCUT2D eigenvalue weighted by Crippen LogP contribution is 2.34. The number of piperidine rings is 1. The summed E-state index contributed by atoms with van der Waals surface area (Å²) in [7, 11) is 0. The average molecular weight is 316 g/mol. The molecule has 1 heterocycles. The van der Waals surface area contributed by atoms with Crippen LogP contribution in [-0.2, 0) is 20.9 Å². The predicted octanol–water partition coefficient (Wildman–Crippen LogP) is 1.72. The molecule has 1 N–H and O–H groups in total. The topological polar surface area (TPSA) is 58.6 Å². The molecule has 2 aliphatic rings. The number of carbonyl (C=O) groups is 2. The molecule has 1 aliphatic heterocycles. The van der Waals surface area contributed by atoms with E-state index in [1.54, 1.807) is 0 Å². The Balaban J connectivity index is 1.54. The van der Waals surface area contributed by atoms with Crippen LogP contribution in [0.15, 0.2) is 30.3 Å². The number of likely N-dealkylation sites (tertiary alicyclic amines) is 1. The van der Waals surface area contributed by atoms with E-state index in [0.29, 0.717) is 13.2 Å². The zero-order valence-corrected chi connectivity index (χ0v) is 13.5. The molecule has 3 rings (SSSR count). The zero-order valence-electron chi connectivity index (χ0n) is 13.5. The molecule has 0 bridgehead atoms. The van der Waals surface area contributed by atoms with Crippen molar-refractivity contribution in [2.75, 3.05) is 13.2 Å². The zero-order chi connectivity index (χ0) is 16.2. The van der Waals surface area contributed by atoms with Gasteiger partial charge in [0.2, 0.25) is 11.8 Å². The molecule has 1 aliphatic carbocycles. The first-order chi connectivity index (χ1) is 11.2. The van der Waals surface area contributed by atoms with E-state index in [-0.39, 0.29) is 29.9 Å². The van der Waals surface area contributed by atoms with Crippen molar-refractivity contribution >= 4 is 11.8 Å². The number of benzene rings is 1. The van der Waals surface area contributed by atoms with Crippen LogP contribution in [-0.4, -0.2) is 42.0 Å². The first-order valence-electron chi connectivity index (χ1n) is 8.43. The Morgan fingerprint density at radius 2 is 2.13 bits per heavy atom. The maximum atomic E-state index is 12.6. The summed E-state index contributed by atoms with van der Waals surface area (Å²) < 4.78 is 5.45. The molecule has 5 nitrogen and oxygen atoms in total. The highest BCUT2D eigenvalue weighted by molar-refractivity contribution is 5.90. The molecule has 1 saturated heterocycles. The van der Waals surface area contributed by atoms with Crippen molar-refractivity contribution in [1.82, 2.24) is 10.2 Å². The average Bonchev–Trinajstić information content (AvgIpc) is 3.32. The molecule has 2 fully saturated rings. The first-order valence-corrected chi connectivity index (χ1v) is 8.43. The number of rotatable bonds is 6. The standard InChI is InChI=1S/C18H24N2O3/c1-2-23-16-11-14(16)17(21)19-15-9-6-10-20(18(15)22)12-13-7-4-3-5-8-13/h3-5,7-8,14-16H,2,6,9-12H2,1H3,(H,19,21). The Kier molecular flexibility index (Phi) is 4.96. The van der Waals surface area contributed by atoms with Crippen LogP contribution in [0.25, 0.3) is 0 Å². The molecule has 124 valence electrons. The summed E-state index contributed by atoms with van der Waals surface area (Å²) in [6.07, 6.45) is 2.46. The molecule has 3 unspecified atom stereocenters. The molecule has 3 atom stereocenters. The Labute approximate surface area is 137 Å². The lowest BCUT2D eigenvalue weighted by Crippen LogP contribution is -2.52. The van der Waals surface area contributed by atoms with Gasteiger partial charge in [-0.15, -0.1) is 0 Å². The van der Waals surface area contributed by atoms with Gasteiger partial charge in [-0.05, 0) is 31.7 Å². The summed E-state index contributed by atoms with van der Waals surface area (Å²) in [5.41, 5.74) is 1.12. The molecule has 5 heteroatoms. The number of hydrogen-bond acceptors (Lipinski definition) is 3. The van der Waals surface area contributed by atoms with Crippen LogP contribution in [0, 0.1) is 5.92 Å². The largest absolute Gasteiger partial charge is 0.378 e. The van der Waals surface area contributed by atoms with Gasteiger partial charge in [0.15, 0.2) is 0 Å². The number of carbonyl (C=O) groups excluding carboxylic acids is 2. The second kappa shape index (κ2) is 7.13. The van der Waals surface area contributed by atoms with Crippen molar-refractivity contribution in [3.8, 4) is 0 Å². The van der Waals surface area contributed by atoms with Gasteiger partial charge in [-0.2, -0.15) is 0 Å². The van der Waals surface area contributed by atoms with E-state index in [9.17, 15) is 9.59 Å². The molecule has 0 radical (unpaired) electrons. The van der Waals surface area contributed by atoms with Crippen LogP contribution in [0.5, 0.6) is 0 Å². The molecule has 1 saturated carbocycles. The fourth-order valence-electron chi connectivity index (χ4n) is 3.16. The molecule has 0 spiro atoms.